The highest BCUT2D eigenvalue weighted by molar-refractivity contribution is 5.80. The van der Waals surface area contributed by atoms with Crippen LogP contribution >= 0.6 is 0 Å². The molecule has 28 heavy (non-hydrogen) atoms. The first-order chi connectivity index (χ1) is 13.4. The largest absolute Gasteiger partial charge is 0.434 e. The average molecular weight is 403 g/mol. The summed E-state index contributed by atoms with van der Waals surface area (Å²) in [6.07, 6.45) is 2.01. The zero-order chi connectivity index (χ0) is 20.9. The Morgan fingerprint density at radius 2 is 1.93 bits per heavy atom. The maximum Gasteiger partial charge on any atom is 0.387 e. The minimum absolute atomic E-state index is 0.00851. The monoisotopic (exact) mass is 402 g/mol. The Labute approximate surface area is 166 Å². The molecule has 0 saturated heterocycles. The number of benzene rings is 1. The van der Waals surface area contributed by atoms with E-state index in [1.807, 2.05) is 6.92 Å². The second-order valence-electron chi connectivity index (χ2n) is 6.50. The molecule has 0 radical (unpaired) electrons. The number of aliphatic imine (C=N–C) groups is 1. The van der Waals surface area contributed by atoms with Crippen LogP contribution < -0.4 is 15.4 Å². The van der Waals surface area contributed by atoms with Crippen LogP contribution in [0.5, 0.6) is 5.75 Å². The molecule has 0 aliphatic heterocycles. The summed E-state index contributed by atoms with van der Waals surface area (Å²) >= 11 is 0. The third-order valence-corrected chi connectivity index (χ3v) is 4.42. The molecule has 1 atom stereocenters. The van der Waals surface area contributed by atoms with Crippen LogP contribution in [0.3, 0.4) is 0 Å². The molecule has 1 rings (SSSR count). The van der Waals surface area contributed by atoms with E-state index in [2.05, 4.69) is 46.0 Å². The second-order valence-corrected chi connectivity index (χ2v) is 6.50. The highest BCUT2D eigenvalue weighted by Gasteiger charge is 2.14. The number of alkyl halides is 2. The molecular weight excluding hydrogens is 369 g/mol. The smallest absolute Gasteiger partial charge is 0.387 e. The van der Waals surface area contributed by atoms with E-state index in [-0.39, 0.29) is 23.9 Å². The van der Waals surface area contributed by atoms with E-state index in [1.165, 1.54) is 18.2 Å². The van der Waals surface area contributed by atoms with Crippen molar-refractivity contribution in [2.45, 2.75) is 59.7 Å². The summed E-state index contributed by atoms with van der Waals surface area (Å²) in [4.78, 5) is 6.72. The summed E-state index contributed by atoms with van der Waals surface area (Å²) < 4.78 is 43.6. The molecular formula is C20H33F3N4O. The first kappa shape index (κ1) is 24.1. The summed E-state index contributed by atoms with van der Waals surface area (Å²) in [6.45, 7) is 8.91. The number of ether oxygens (including phenoxy) is 1. The molecule has 0 amide bonds. The number of hydrogen-bond donors (Lipinski definition) is 2. The van der Waals surface area contributed by atoms with Crippen LogP contribution in [0.25, 0.3) is 0 Å². The first-order valence-corrected chi connectivity index (χ1v) is 9.90. The lowest BCUT2D eigenvalue weighted by Crippen LogP contribution is -2.42. The van der Waals surface area contributed by atoms with Crippen LogP contribution in [0.1, 0.15) is 46.1 Å². The van der Waals surface area contributed by atoms with Crippen molar-refractivity contribution >= 4 is 5.96 Å². The molecule has 160 valence electrons. The number of nitrogens with zero attached hydrogens (tertiary/aromatic N) is 2. The third-order valence-electron chi connectivity index (χ3n) is 4.42. The molecule has 0 spiro atoms. The van der Waals surface area contributed by atoms with Gasteiger partial charge in [0, 0.05) is 12.6 Å². The molecule has 2 N–H and O–H groups in total. The highest BCUT2D eigenvalue weighted by atomic mass is 19.3. The fraction of sp³-hybridized carbons (Fsp3) is 0.650. The molecule has 8 heteroatoms. The van der Waals surface area contributed by atoms with Gasteiger partial charge in [-0.25, -0.2) is 9.38 Å². The first-order valence-electron chi connectivity index (χ1n) is 9.90. The molecule has 0 aliphatic carbocycles. The van der Waals surface area contributed by atoms with Gasteiger partial charge >= 0.3 is 6.61 Å². The van der Waals surface area contributed by atoms with E-state index in [4.69, 9.17) is 0 Å². The van der Waals surface area contributed by atoms with E-state index in [1.54, 1.807) is 0 Å². The van der Waals surface area contributed by atoms with Gasteiger partial charge in [0.15, 0.2) is 5.96 Å². The lowest BCUT2D eigenvalue weighted by Gasteiger charge is -2.21. The normalized spacial score (nSPS) is 13.1. The molecule has 0 aromatic heterocycles. The van der Waals surface area contributed by atoms with Gasteiger partial charge in [-0.3, -0.25) is 0 Å². The Bertz CT molecular complexity index is 595. The summed E-state index contributed by atoms with van der Waals surface area (Å²) in [5.41, 5.74) is 0.00851. The second kappa shape index (κ2) is 13.3. The van der Waals surface area contributed by atoms with Crippen molar-refractivity contribution in [1.29, 1.82) is 0 Å². The van der Waals surface area contributed by atoms with Crippen LogP contribution in [0.15, 0.2) is 23.2 Å². The summed E-state index contributed by atoms with van der Waals surface area (Å²) in [5, 5.41) is 6.39. The molecule has 1 aromatic rings. The fourth-order valence-corrected chi connectivity index (χ4v) is 2.84. The molecule has 0 heterocycles. The van der Waals surface area contributed by atoms with Crippen LogP contribution in [-0.2, 0) is 6.54 Å². The Kier molecular flexibility index (Phi) is 11.4. The van der Waals surface area contributed by atoms with Crippen LogP contribution in [0.2, 0.25) is 0 Å². The zero-order valence-corrected chi connectivity index (χ0v) is 17.3. The SMILES string of the molecule is CCNC(=NCc1c(F)cccc1OC(F)F)NC(C)CCCN(CC)CC. The van der Waals surface area contributed by atoms with Crippen molar-refractivity contribution in [3.05, 3.63) is 29.6 Å². The van der Waals surface area contributed by atoms with Crippen LogP contribution in [-0.4, -0.2) is 49.7 Å². The van der Waals surface area contributed by atoms with Gasteiger partial charge in [-0.05, 0) is 58.5 Å². The predicted molar refractivity (Wildman–Crippen MR) is 107 cm³/mol. The molecule has 0 fully saturated rings. The summed E-state index contributed by atoms with van der Waals surface area (Å²) in [5.74, 6) is -0.295. The number of nitrogens with one attached hydrogen (secondary N) is 2. The molecule has 1 aromatic carbocycles. The standard InChI is InChI=1S/C20H33F3N4O/c1-5-24-20(26-15(4)10-9-13-27(6-2)7-3)25-14-16-17(21)11-8-12-18(16)28-19(22)23/h8,11-12,15,19H,5-7,9-10,13-14H2,1-4H3,(H2,24,25,26). The van der Waals surface area contributed by atoms with Crippen molar-refractivity contribution in [1.82, 2.24) is 15.5 Å². The molecule has 0 saturated carbocycles. The summed E-state index contributed by atoms with van der Waals surface area (Å²) in [6, 6.07) is 4.03. The third kappa shape index (κ3) is 8.82. The zero-order valence-electron chi connectivity index (χ0n) is 17.3. The van der Waals surface area contributed by atoms with Gasteiger partial charge in [0.2, 0.25) is 0 Å². The fourth-order valence-electron chi connectivity index (χ4n) is 2.84. The Balaban J connectivity index is 2.72. The van der Waals surface area contributed by atoms with Gasteiger partial charge in [0.05, 0.1) is 12.1 Å². The predicted octanol–water partition coefficient (Wildman–Crippen LogP) is 3.99. The van der Waals surface area contributed by atoms with Gasteiger partial charge in [-0.1, -0.05) is 19.9 Å². The van der Waals surface area contributed by atoms with Crippen LogP contribution in [0.4, 0.5) is 13.2 Å². The average Bonchev–Trinajstić information content (AvgIpc) is 2.64. The van der Waals surface area contributed by atoms with Gasteiger partial charge in [0.1, 0.15) is 11.6 Å². The van der Waals surface area contributed by atoms with Crippen molar-refractivity contribution in [3.63, 3.8) is 0 Å². The molecule has 0 aliphatic rings. The van der Waals surface area contributed by atoms with E-state index in [0.717, 1.165) is 32.5 Å². The van der Waals surface area contributed by atoms with Gasteiger partial charge in [0.25, 0.3) is 0 Å². The molecule has 1 unspecified atom stereocenters. The van der Waals surface area contributed by atoms with Crippen molar-refractivity contribution in [2.75, 3.05) is 26.2 Å². The van der Waals surface area contributed by atoms with Crippen molar-refractivity contribution in [3.8, 4) is 5.75 Å². The van der Waals surface area contributed by atoms with E-state index in [9.17, 15) is 13.2 Å². The minimum Gasteiger partial charge on any atom is -0.434 e. The number of halogens is 3. The van der Waals surface area contributed by atoms with E-state index >= 15 is 0 Å². The number of hydrogen-bond acceptors (Lipinski definition) is 3. The van der Waals surface area contributed by atoms with Gasteiger partial charge in [-0.15, -0.1) is 0 Å². The van der Waals surface area contributed by atoms with Gasteiger partial charge < -0.3 is 20.3 Å². The van der Waals surface area contributed by atoms with Crippen molar-refractivity contribution < 1.29 is 17.9 Å². The topological polar surface area (TPSA) is 48.9 Å². The number of rotatable bonds is 12. The highest BCUT2D eigenvalue weighted by Crippen LogP contribution is 2.24. The molecule has 5 nitrogen and oxygen atoms in total. The van der Waals surface area contributed by atoms with Crippen molar-refractivity contribution in [2.24, 2.45) is 4.99 Å². The Morgan fingerprint density at radius 1 is 1.21 bits per heavy atom. The Morgan fingerprint density at radius 3 is 2.54 bits per heavy atom. The maximum atomic E-state index is 14.1. The Hall–Kier alpha value is -1.96. The summed E-state index contributed by atoms with van der Waals surface area (Å²) in [7, 11) is 0. The lowest BCUT2D eigenvalue weighted by molar-refractivity contribution is -0.0506. The van der Waals surface area contributed by atoms with E-state index in [0.29, 0.717) is 12.5 Å². The lowest BCUT2D eigenvalue weighted by atomic mass is 10.1. The maximum absolute atomic E-state index is 14.1. The molecule has 0 bridgehead atoms. The van der Waals surface area contributed by atoms with Gasteiger partial charge in [-0.2, -0.15) is 8.78 Å². The quantitative estimate of drug-likeness (QED) is 0.410. The van der Waals surface area contributed by atoms with E-state index < -0.39 is 12.4 Å². The number of guanidine groups is 1. The van der Waals surface area contributed by atoms with Crippen LogP contribution in [0, 0.1) is 5.82 Å². The minimum atomic E-state index is -3.01.